The van der Waals surface area contributed by atoms with Gasteiger partial charge in [-0.15, -0.1) is 0 Å². The maximum Gasteiger partial charge on any atom is 0.318 e. The lowest BCUT2D eigenvalue weighted by Crippen LogP contribution is -2.38. The van der Waals surface area contributed by atoms with Crippen molar-refractivity contribution in [3.8, 4) is 0 Å². The molecule has 0 spiro atoms. The average Bonchev–Trinajstić information content (AvgIpc) is 2.79. The number of benzene rings is 1. The number of amides is 3. The van der Waals surface area contributed by atoms with E-state index in [0.717, 1.165) is 12.1 Å². The lowest BCUT2D eigenvalue weighted by molar-refractivity contribution is -0.120. The Morgan fingerprint density at radius 2 is 1.80 bits per heavy atom. The Kier molecular flexibility index (Phi) is 6.45. The van der Waals surface area contributed by atoms with E-state index in [2.05, 4.69) is 0 Å². The molecule has 0 unspecified atom stereocenters. The lowest BCUT2D eigenvalue weighted by Gasteiger charge is -2.21. The van der Waals surface area contributed by atoms with Gasteiger partial charge in [-0.1, -0.05) is 0 Å². The fraction of sp³-hybridized carbons (Fsp3) is 0.467. The standard InChI is InChI=1S/C15H21FN4O4S/c16-12-2-4-13(5-3-12)25(23,24)20-8-1-7-19(10-11-20)9-6-14(21)18-15(17)22/h2-5H,1,6-11H2,(H3,17,18,21,22). The Hall–Kier alpha value is -2.04. The van der Waals surface area contributed by atoms with Crippen LogP contribution in [0, 0.1) is 5.82 Å². The molecule has 1 aliphatic rings. The highest BCUT2D eigenvalue weighted by atomic mass is 32.2. The van der Waals surface area contributed by atoms with Crippen LogP contribution in [0.25, 0.3) is 0 Å². The molecule has 1 aromatic carbocycles. The number of carbonyl (C=O) groups is 2. The van der Waals surface area contributed by atoms with Gasteiger partial charge in [-0.2, -0.15) is 4.31 Å². The number of nitrogens with one attached hydrogen (secondary N) is 1. The van der Waals surface area contributed by atoms with E-state index in [9.17, 15) is 22.4 Å². The summed E-state index contributed by atoms with van der Waals surface area (Å²) < 4.78 is 39.6. The zero-order valence-corrected chi connectivity index (χ0v) is 14.5. The maximum absolute atomic E-state index is 13.0. The van der Waals surface area contributed by atoms with E-state index in [4.69, 9.17) is 5.73 Å². The molecule has 10 heteroatoms. The molecule has 138 valence electrons. The van der Waals surface area contributed by atoms with Crippen molar-refractivity contribution in [2.75, 3.05) is 32.7 Å². The number of nitrogens with zero attached hydrogens (tertiary/aromatic N) is 2. The van der Waals surface area contributed by atoms with Gasteiger partial charge in [0.15, 0.2) is 0 Å². The Morgan fingerprint density at radius 1 is 1.12 bits per heavy atom. The van der Waals surface area contributed by atoms with Gasteiger partial charge >= 0.3 is 6.03 Å². The van der Waals surface area contributed by atoms with Crippen molar-refractivity contribution >= 4 is 22.0 Å². The first-order valence-electron chi connectivity index (χ1n) is 7.86. The highest BCUT2D eigenvalue weighted by Gasteiger charge is 2.27. The molecule has 1 fully saturated rings. The molecule has 25 heavy (non-hydrogen) atoms. The molecule has 1 saturated heterocycles. The number of primary amides is 1. The minimum atomic E-state index is -3.67. The maximum atomic E-state index is 13.0. The molecule has 1 aromatic rings. The molecule has 0 aromatic heterocycles. The number of hydrogen-bond donors (Lipinski definition) is 2. The third kappa shape index (κ3) is 5.48. The molecule has 1 heterocycles. The van der Waals surface area contributed by atoms with Gasteiger partial charge < -0.3 is 10.6 Å². The minimum absolute atomic E-state index is 0.0585. The van der Waals surface area contributed by atoms with Crippen molar-refractivity contribution in [3.05, 3.63) is 30.1 Å². The van der Waals surface area contributed by atoms with E-state index in [-0.39, 0.29) is 17.9 Å². The van der Waals surface area contributed by atoms with Gasteiger partial charge in [0.05, 0.1) is 4.90 Å². The van der Waals surface area contributed by atoms with Crippen LogP contribution in [-0.2, 0) is 14.8 Å². The molecule has 8 nitrogen and oxygen atoms in total. The third-order valence-electron chi connectivity index (χ3n) is 3.92. The summed E-state index contributed by atoms with van der Waals surface area (Å²) in [5.74, 6) is -0.956. The highest BCUT2D eigenvalue weighted by Crippen LogP contribution is 2.18. The fourth-order valence-corrected chi connectivity index (χ4v) is 4.10. The van der Waals surface area contributed by atoms with Gasteiger partial charge in [-0.05, 0) is 37.2 Å². The van der Waals surface area contributed by atoms with E-state index >= 15 is 0 Å². The summed E-state index contributed by atoms with van der Waals surface area (Å²) >= 11 is 0. The number of imide groups is 1. The number of rotatable bonds is 5. The Balaban J connectivity index is 1.93. The quantitative estimate of drug-likeness (QED) is 0.762. The average molecular weight is 372 g/mol. The molecular formula is C15H21FN4O4S. The number of halogens is 1. The predicted molar refractivity (Wildman–Crippen MR) is 88.6 cm³/mol. The summed E-state index contributed by atoms with van der Waals surface area (Å²) in [5, 5.41) is 1.99. The van der Waals surface area contributed by atoms with Gasteiger partial charge in [-0.25, -0.2) is 17.6 Å². The van der Waals surface area contributed by atoms with Crippen LogP contribution in [-0.4, -0.2) is 62.3 Å². The molecule has 0 saturated carbocycles. The molecular weight excluding hydrogens is 351 g/mol. The normalized spacial score (nSPS) is 17.0. The summed E-state index contributed by atoms with van der Waals surface area (Å²) in [5.41, 5.74) is 4.88. The molecule has 0 atom stereocenters. The lowest BCUT2D eigenvalue weighted by atomic mass is 10.3. The van der Waals surface area contributed by atoms with Crippen LogP contribution >= 0.6 is 0 Å². The number of sulfonamides is 1. The monoisotopic (exact) mass is 372 g/mol. The zero-order valence-electron chi connectivity index (χ0n) is 13.7. The second-order valence-corrected chi connectivity index (χ2v) is 7.65. The van der Waals surface area contributed by atoms with Crippen molar-refractivity contribution in [1.29, 1.82) is 0 Å². The van der Waals surface area contributed by atoms with Gasteiger partial charge in [0.2, 0.25) is 15.9 Å². The first kappa shape index (κ1) is 19.3. The van der Waals surface area contributed by atoms with Crippen LogP contribution in [0.2, 0.25) is 0 Å². The largest absolute Gasteiger partial charge is 0.351 e. The predicted octanol–water partition coefficient (Wildman–Crippen LogP) is 0.107. The van der Waals surface area contributed by atoms with Crippen molar-refractivity contribution in [3.63, 3.8) is 0 Å². The Labute approximate surface area is 145 Å². The molecule has 0 radical (unpaired) electrons. The molecule has 2 rings (SSSR count). The van der Waals surface area contributed by atoms with E-state index in [1.165, 1.54) is 16.4 Å². The summed E-state index contributed by atoms with van der Waals surface area (Å²) in [4.78, 5) is 24.1. The Bertz CT molecular complexity index is 724. The van der Waals surface area contributed by atoms with E-state index in [0.29, 0.717) is 32.6 Å². The van der Waals surface area contributed by atoms with Crippen molar-refractivity contribution < 1.29 is 22.4 Å². The van der Waals surface area contributed by atoms with E-state index in [1.807, 2.05) is 10.2 Å². The second-order valence-electron chi connectivity index (χ2n) is 5.72. The van der Waals surface area contributed by atoms with Crippen molar-refractivity contribution in [2.24, 2.45) is 5.73 Å². The van der Waals surface area contributed by atoms with Crippen LogP contribution in [0.5, 0.6) is 0 Å². The van der Waals surface area contributed by atoms with Crippen LogP contribution < -0.4 is 11.1 Å². The minimum Gasteiger partial charge on any atom is -0.351 e. The first-order chi connectivity index (χ1) is 11.8. The smallest absolute Gasteiger partial charge is 0.318 e. The van der Waals surface area contributed by atoms with Crippen LogP contribution in [0.3, 0.4) is 0 Å². The topological polar surface area (TPSA) is 113 Å². The van der Waals surface area contributed by atoms with E-state index in [1.54, 1.807) is 0 Å². The van der Waals surface area contributed by atoms with Gasteiger partial charge in [0, 0.05) is 32.6 Å². The summed E-state index contributed by atoms with van der Waals surface area (Å²) in [6.07, 6.45) is 0.714. The summed E-state index contributed by atoms with van der Waals surface area (Å²) in [7, 11) is -3.67. The first-order valence-corrected chi connectivity index (χ1v) is 9.30. The van der Waals surface area contributed by atoms with Crippen LogP contribution in [0.15, 0.2) is 29.2 Å². The van der Waals surface area contributed by atoms with Gasteiger partial charge in [0.25, 0.3) is 0 Å². The number of urea groups is 1. The molecule has 0 aliphatic carbocycles. The third-order valence-corrected chi connectivity index (χ3v) is 5.83. The molecule has 0 bridgehead atoms. The van der Waals surface area contributed by atoms with Gasteiger partial charge in [0.1, 0.15) is 5.82 Å². The zero-order chi connectivity index (χ0) is 18.4. The van der Waals surface area contributed by atoms with Crippen LogP contribution in [0.4, 0.5) is 9.18 Å². The molecule has 1 aliphatic heterocycles. The van der Waals surface area contributed by atoms with E-state index < -0.39 is 27.8 Å². The molecule has 3 amide bonds. The number of nitrogens with two attached hydrogens (primary N) is 1. The number of hydrogen-bond acceptors (Lipinski definition) is 5. The highest BCUT2D eigenvalue weighted by molar-refractivity contribution is 7.89. The summed E-state index contributed by atoms with van der Waals surface area (Å²) in [6, 6.07) is 3.85. The second kappa shape index (κ2) is 8.37. The summed E-state index contributed by atoms with van der Waals surface area (Å²) in [6.45, 7) is 2.13. The fourth-order valence-electron chi connectivity index (χ4n) is 2.63. The number of carbonyl (C=O) groups excluding carboxylic acids is 2. The van der Waals surface area contributed by atoms with Crippen molar-refractivity contribution in [1.82, 2.24) is 14.5 Å². The molecule has 3 N–H and O–H groups in total. The van der Waals surface area contributed by atoms with Crippen LogP contribution in [0.1, 0.15) is 12.8 Å². The van der Waals surface area contributed by atoms with Gasteiger partial charge in [-0.3, -0.25) is 10.1 Å². The van der Waals surface area contributed by atoms with Crippen molar-refractivity contribution in [2.45, 2.75) is 17.7 Å². The Morgan fingerprint density at radius 3 is 2.44 bits per heavy atom. The SMILES string of the molecule is NC(=O)NC(=O)CCN1CCCN(S(=O)(=O)c2ccc(F)cc2)CC1.